The highest BCUT2D eigenvalue weighted by molar-refractivity contribution is 5.82. The van der Waals surface area contributed by atoms with Gasteiger partial charge in [-0.1, -0.05) is 54.6 Å². The van der Waals surface area contributed by atoms with Crippen LogP contribution in [0.1, 0.15) is 11.1 Å². The number of hydrogen-bond acceptors (Lipinski definition) is 4. The van der Waals surface area contributed by atoms with E-state index in [1.807, 2.05) is 72.8 Å². The van der Waals surface area contributed by atoms with Crippen LogP contribution in [-0.2, 0) is 0 Å². The average Bonchev–Trinajstić information content (AvgIpc) is 2.78. The van der Waals surface area contributed by atoms with Crippen LogP contribution in [0.5, 0.6) is 0 Å². The summed E-state index contributed by atoms with van der Waals surface area (Å²) in [5.74, 6) is 1.48. The maximum atomic E-state index is 6.28. The van der Waals surface area contributed by atoms with E-state index in [1.54, 1.807) is 0 Å². The summed E-state index contributed by atoms with van der Waals surface area (Å²) < 4.78 is 6.28. The van der Waals surface area contributed by atoms with Crippen LogP contribution in [0.25, 0.3) is 33.2 Å². The minimum Gasteiger partial charge on any atom is -0.456 e. The number of rotatable bonds is 3. The number of nitrogens with one attached hydrogen (secondary N) is 1. The van der Waals surface area contributed by atoms with Gasteiger partial charge in [-0.3, -0.25) is 5.43 Å². The van der Waals surface area contributed by atoms with Crippen molar-refractivity contribution < 1.29 is 4.42 Å². The van der Waals surface area contributed by atoms with Gasteiger partial charge in [-0.2, -0.15) is 5.10 Å². The van der Waals surface area contributed by atoms with E-state index in [-0.39, 0.29) is 0 Å². The van der Waals surface area contributed by atoms with Crippen LogP contribution < -0.4 is 10.8 Å². The largest absolute Gasteiger partial charge is 0.456 e. The second kappa shape index (κ2) is 7.48. The lowest BCUT2D eigenvalue weighted by atomic mass is 10.1. The molecule has 5 rings (SSSR count). The lowest BCUT2D eigenvalue weighted by molar-refractivity contribution is 0.615. The smallest absolute Gasteiger partial charge is 0.146 e. The Morgan fingerprint density at radius 2 is 1.63 bits per heavy atom. The standard InChI is InChI=1S/C26H21N3O/c1-17-14-18(2)26-21(15-17)23(16-24(30-26)20-9-4-3-5-10-20)28-29-25-13-12-19-8-6-7-11-22(19)27-25/h3-16H,1-2H3,(H,27,29). The SMILES string of the molecule is Cc1cc(C)c2oc(-c3ccccc3)cc(=NNc3ccc4ccccc4n3)c2c1. The van der Waals surface area contributed by atoms with E-state index in [4.69, 9.17) is 9.52 Å². The summed E-state index contributed by atoms with van der Waals surface area (Å²) in [7, 11) is 0. The molecule has 4 nitrogen and oxygen atoms in total. The van der Waals surface area contributed by atoms with Crippen LogP contribution >= 0.6 is 0 Å². The Morgan fingerprint density at radius 1 is 0.833 bits per heavy atom. The first-order valence-corrected chi connectivity index (χ1v) is 9.93. The lowest BCUT2D eigenvalue weighted by Gasteiger charge is -2.09. The molecule has 0 amide bonds. The van der Waals surface area contributed by atoms with Gasteiger partial charge in [-0.25, -0.2) is 4.98 Å². The number of fused-ring (bicyclic) bond motifs is 2. The second-order valence-corrected chi connectivity index (χ2v) is 7.43. The van der Waals surface area contributed by atoms with Gasteiger partial charge in [-0.05, 0) is 49.2 Å². The molecule has 0 bridgehead atoms. The monoisotopic (exact) mass is 391 g/mol. The van der Waals surface area contributed by atoms with Gasteiger partial charge in [0.1, 0.15) is 17.2 Å². The van der Waals surface area contributed by atoms with Gasteiger partial charge in [0.25, 0.3) is 0 Å². The molecule has 2 aromatic heterocycles. The number of aromatic nitrogens is 1. The molecule has 0 saturated carbocycles. The van der Waals surface area contributed by atoms with E-state index in [1.165, 1.54) is 5.56 Å². The fourth-order valence-corrected chi connectivity index (χ4v) is 3.70. The molecule has 0 radical (unpaired) electrons. The Balaban J connectivity index is 1.67. The van der Waals surface area contributed by atoms with E-state index in [0.717, 1.165) is 44.1 Å². The summed E-state index contributed by atoms with van der Waals surface area (Å²) in [6.45, 7) is 4.15. The van der Waals surface area contributed by atoms with E-state index >= 15 is 0 Å². The highest BCUT2D eigenvalue weighted by atomic mass is 16.3. The highest BCUT2D eigenvalue weighted by Crippen LogP contribution is 2.25. The fourth-order valence-electron chi connectivity index (χ4n) is 3.70. The first-order chi connectivity index (χ1) is 14.7. The molecule has 0 unspecified atom stereocenters. The normalized spacial score (nSPS) is 11.9. The van der Waals surface area contributed by atoms with Crippen molar-refractivity contribution in [3.05, 3.63) is 101 Å². The highest BCUT2D eigenvalue weighted by Gasteiger charge is 2.09. The number of aryl methyl sites for hydroxylation is 2. The lowest BCUT2D eigenvalue weighted by Crippen LogP contribution is -2.09. The molecular weight excluding hydrogens is 370 g/mol. The van der Waals surface area contributed by atoms with Crippen molar-refractivity contribution in [2.45, 2.75) is 13.8 Å². The minimum atomic E-state index is 0.702. The zero-order chi connectivity index (χ0) is 20.5. The average molecular weight is 391 g/mol. The number of nitrogens with zero attached hydrogens (tertiary/aromatic N) is 2. The molecule has 0 spiro atoms. The van der Waals surface area contributed by atoms with Gasteiger partial charge in [-0.15, -0.1) is 0 Å². The molecule has 30 heavy (non-hydrogen) atoms. The van der Waals surface area contributed by atoms with Crippen molar-refractivity contribution in [3.8, 4) is 11.3 Å². The molecular formula is C26H21N3O. The van der Waals surface area contributed by atoms with Crippen molar-refractivity contribution in [1.29, 1.82) is 0 Å². The zero-order valence-electron chi connectivity index (χ0n) is 16.9. The van der Waals surface area contributed by atoms with E-state index in [9.17, 15) is 0 Å². The number of hydrogen-bond donors (Lipinski definition) is 1. The van der Waals surface area contributed by atoms with Gasteiger partial charge < -0.3 is 4.42 Å². The minimum absolute atomic E-state index is 0.702. The summed E-state index contributed by atoms with van der Waals surface area (Å²) in [6.07, 6.45) is 0. The zero-order valence-corrected chi connectivity index (χ0v) is 16.9. The summed E-state index contributed by atoms with van der Waals surface area (Å²) in [6, 6.07) is 28.3. The van der Waals surface area contributed by atoms with Crippen LogP contribution in [0.15, 0.2) is 94.4 Å². The van der Waals surface area contributed by atoms with Crippen LogP contribution in [0.4, 0.5) is 5.82 Å². The molecule has 146 valence electrons. The molecule has 4 heteroatoms. The number of para-hydroxylation sites is 1. The van der Waals surface area contributed by atoms with Crippen molar-refractivity contribution in [2.75, 3.05) is 5.43 Å². The van der Waals surface area contributed by atoms with Crippen LogP contribution in [0.2, 0.25) is 0 Å². The van der Waals surface area contributed by atoms with Crippen molar-refractivity contribution in [1.82, 2.24) is 4.98 Å². The molecule has 0 saturated heterocycles. The summed E-state index contributed by atoms with van der Waals surface area (Å²) in [4.78, 5) is 4.66. The molecule has 0 aliphatic rings. The predicted molar refractivity (Wildman–Crippen MR) is 122 cm³/mol. The van der Waals surface area contributed by atoms with Gasteiger partial charge in [0.15, 0.2) is 0 Å². The summed E-state index contributed by atoms with van der Waals surface area (Å²) >= 11 is 0. The second-order valence-electron chi connectivity index (χ2n) is 7.43. The van der Waals surface area contributed by atoms with Gasteiger partial charge in [0, 0.05) is 22.4 Å². The number of benzene rings is 3. The Hall–Kier alpha value is -3.92. The summed E-state index contributed by atoms with van der Waals surface area (Å²) in [5.41, 5.74) is 8.18. The molecule has 1 N–H and O–H groups in total. The van der Waals surface area contributed by atoms with Crippen LogP contribution in [0, 0.1) is 13.8 Å². The van der Waals surface area contributed by atoms with Gasteiger partial charge in [0.05, 0.1) is 10.9 Å². The maximum absolute atomic E-state index is 6.28. The van der Waals surface area contributed by atoms with Gasteiger partial charge >= 0.3 is 0 Å². The maximum Gasteiger partial charge on any atom is 0.146 e. The molecule has 0 aliphatic carbocycles. The Morgan fingerprint density at radius 3 is 2.50 bits per heavy atom. The third-order valence-electron chi connectivity index (χ3n) is 5.12. The van der Waals surface area contributed by atoms with Crippen molar-refractivity contribution >= 4 is 27.7 Å². The Labute approximate surface area is 174 Å². The number of pyridine rings is 1. The molecule has 5 aromatic rings. The fraction of sp³-hybridized carbons (Fsp3) is 0.0769. The van der Waals surface area contributed by atoms with Gasteiger partial charge in [0.2, 0.25) is 0 Å². The first kappa shape index (κ1) is 18.1. The molecule has 0 aliphatic heterocycles. The molecule has 2 heterocycles. The Kier molecular flexibility index (Phi) is 4.52. The van der Waals surface area contributed by atoms with Crippen molar-refractivity contribution in [2.24, 2.45) is 5.10 Å². The van der Waals surface area contributed by atoms with Crippen LogP contribution in [-0.4, -0.2) is 4.98 Å². The van der Waals surface area contributed by atoms with E-state index in [2.05, 4.69) is 36.4 Å². The molecule has 3 aromatic carbocycles. The summed E-state index contributed by atoms with van der Waals surface area (Å²) in [5, 5.41) is 7.60. The topological polar surface area (TPSA) is 50.4 Å². The first-order valence-electron chi connectivity index (χ1n) is 9.93. The van der Waals surface area contributed by atoms with E-state index < -0.39 is 0 Å². The third kappa shape index (κ3) is 3.44. The van der Waals surface area contributed by atoms with E-state index in [0.29, 0.717) is 5.82 Å². The number of anilines is 1. The predicted octanol–water partition coefficient (Wildman–Crippen LogP) is 6.19. The molecule has 0 atom stereocenters. The van der Waals surface area contributed by atoms with Crippen molar-refractivity contribution in [3.63, 3.8) is 0 Å². The third-order valence-corrected chi connectivity index (χ3v) is 5.12. The van der Waals surface area contributed by atoms with Crippen LogP contribution in [0.3, 0.4) is 0 Å². The Bertz CT molecular complexity index is 1440. The molecule has 0 fully saturated rings. The quantitative estimate of drug-likeness (QED) is 0.373.